The van der Waals surface area contributed by atoms with E-state index in [0.29, 0.717) is 5.56 Å². The van der Waals surface area contributed by atoms with Gasteiger partial charge in [0, 0.05) is 11.1 Å². The molecule has 0 aliphatic heterocycles. The Labute approximate surface area is 152 Å². The zero-order valence-corrected chi connectivity index (χ0v) is 14.9. The van der Waals surface area contributed by atoms with Crippen molar-refractivity contribution in [1.82, 2.24) is 4.98 Å². The number of benzene rings is 1. The molecule has 0 aliphatic carbocycles. The number of nitrogens with two attached hydrogens (primary N) is 1. The third-order valence-electron chi connectivity index (χ3n) is 3.87. The van der Waals surface area contributed by atoms with E-state index in [0.717, 1.165) is 0 Å². The molecule has 2 rings (SSSR count). The van der Waals surface area contributed by atoms with Gasteiger partial charge in [-0.1, -0.05) is 32.4 Å². The third-order valence-corrected chi connectivity index (χ3v) is 4.16. The average Bonchev–Trinajstić information content (AvgIpc) is 2.46. The number of anilines is 1. The Bertz CT molecular complexity index is 988. The topological polar surface area (TPSA) is 154 Å². The van der Waals surface area contributed by atoms with Crippen LogP contribution in [0.1, 0.15) is 47.1 Å². The molecule has 0 saturated heterocycles. The quantitative estimate of drug-likeness (QED) is 0.548. The van der Waals surface area contributed by atoms with Gasteiger partial charge in [-0.05, 0) is 23.1 Å². The minimum Gasteiger partial charge on any atom is -0.506 e. The molecule has 0 atom stereocenters. The first kappa shape index (κ1) is 19.3. The fourth-order valence-electron chi connectivity index (χ4n) is 2.54. The molecular formula is C17H17ClN2O6. The van der Waals surface area contributed by atoms with E-state index < -0.39 is 51.2 Å². The maximum atomic E-state index is 12.1. The summed E-state index contributed by atoms with van der Waals surface area (Å²) in [5.41, 5.74) is 2.46. The molecule has 6 N–H and O–H groups in total. The monoisotopic (exact) mass is 380 g/mol. The largest absolute Gasteiger partial charge is 0.506 e. The van der Waals surface area contributed by atoms with Crippen LogP contribution in [0.3, 0.4) is 0 Å². The van der Waals surface area contributed by atoms with Gasteiger partial charge >= 0.3 is 11.9 Å². The van der Waals surface area contributed by atoms with E-state index in [2.05, 4.69) is 0 Å². The summed E-state index contributed by atoms with van der Waals surface area (Å²) in [6.07, 6.45) is 0. The first-order chi connectivity index (χ1) is 11.9. The lowest BCUT2D eigenvalue weighted by Crippen LogP contribution is -2.24. The molecule has 138 valence electrons. The van der Waals surface area contributed by atoms with E-state index in [1.807, 2.05) is 25.8 Å². The number of carboxylic acid groups (broad SMARTS) is 2. The van der Waals surface area contributed by atoms with E-state index in [1.165, 1.54) is 12.1 Å². The number of nitrogen functional groups attached to an aromatic ring is 1. The van der Waals surface area contributed by atoms with Gasteiger partial charge in [-0.15, -0.1) is 0 Å². The van der Waals surface area contributed by atoms with Gasteiger partial charge in [0.2, 0.25) is 0 Å². The van der Waals surface area contributed by atoms with E-state index in [1.54, 1.807) is 0 Å². The van der Waals surface area contributed by atoms with Crippen LogP contribution in [0.4, 0.5) is 5.82 Å². The minimum atomic E-state index is -1.67. The number of aromatic amines is 1. The summed E-state index contributed by atoms with van der Waals surface area (Å²) < 4.78 is 0. The standard InChI is InChI=1S/C17H17ClN2O6/c1-17(2,3)6-4-7(12(21)8(18)5-6)9-10(15(23)24)13(19)20-14(22)11(9)16(25)26/h4-5,21H,1-3H3,(H,23,24)(H,25,26)(H3,19,20,22). The van der Waals surface area contributed by atoms with Gasteiger partial charge in [-0.25, -0.2) is 9.59 Å². The van der Waals surface area contributed by atoms with Crippen molar-refractivity contribution >= 4 is 29.4 Å². The molecule has 0 aliphatic rings. The molecule has 0 bridgehead atoms. The molecule has 0 saturated carbocycles. The highest BCUT2D eigenvalue weighted by Crippen LogP contribution is 2.42. The van der Waals surface area contributed by atoms with Gasteiger partial charge in [-0.3, -0.25) is 4.79 Å². The second-order valence-electron chi connectivity index (χ2n) is 6.71. The molecule has 8 nitrogen and oxygen atoms in total. The van der Waals surface area contributed by atoms with Gasteiger partial charge < -0.3 is 26.0 Å². The Kier molecular flexibility index (Phi) is 4.74. The van der Waals surface area contributed by atoms with Crippen LogP contribution < -0.4 is 11.3 Å². The molecule has 1 aromatic heterocycles. The van der Waals surface area contributed by atoms with E-state index >= 15 is 0 Å². The number of aromatic hydroxyl groups is 1. The molecule has 1 aromatic carbocycles. The molecule has 0 amide bonds. The van der Waals surface area contributed by atoms with Gasteiger partial charge in [0.1, 0.15) is 22.7 Å². The van der Waals surface area contributed by atoms with Crippen LogP contribution in [-0.4, -0.2) is 32.2 Å². The van der Waals surface area contributed by atoms with E-state index in [4.69, 9.17) is 17.3 Å². The van der Waals surface area contributed by atoms with Crippen molar-refractivity contribution in [2.24, 2.45) is 0 Å². The van der Waals surface area contributed by atoms with Crippen LogP contribution in [0.2, 0.25) is 5.02 Å². The van der Waals surface area contributed by atoms with Crippen molar-refractivity contribution < 1.29 is 24.9 Å². The fourth-order valence-corrected chi connectivity index (χ4v) is 2.76. The van der Waals surface area contributed by atoms with E-state index in [-0.39, 0.29) is 10.6 Å². The summed E-state index contributed by atoms with van der Waals surface area (Å²) in [7, 11) is 0. The summed E-state index contributed by atoms with van der Waals surface area (Å²) in [5, 5.41) is 29.2. The van der Waals surface area contributed by atoms with E-state index in [9.17, 15) is 29.7 Å². The van der Waals surface area contributed by atoms with Crippen LogP contribution in [0.5, 0.6) is 5.75 Å². The minimum absolute atomic E-state index is 0.112. The van der Waals surface area contributed by atoms with Crippen LogP contribution >= 0.6 is 11.6 Å². The summed E-state index contributed by atoms with van der Waals surface area (Å²) in [6, 6.07) is 2.88. The number of H-pyrrole nitrogens is 1. The molecule has 0 unspecified atom stereocenters. The summed E-state index contributed by atoms with van der Waals surface area (Å²) in [6.45, 7) is 5.55. The number of hydrogen-bond acceptors (Lipinski definition) is 5. The normalized spacial score (nSPS) is 11.4. The van der Waals surface area contributed by atoms with Crippen molar-refractivity contribution in [3.05, 3.63) is 44.2 Å². The van der Waals surface area contributed by atoms with Crippen molar-refractivity contribution in [2.75, 3.05) is 5.73 Å². The predicted octanol–water partition coefficient (Wildman–Crippen LogP) is 2.68. The SMILES string of the molecule is CC(C)(C)c1cc(Cl)c(O)c(-c2c(C(=O)O)c(N)[nH]c(=O)c2C(=O)O)c1. The lowest BCUT2D eigenvalue weighted by molar-refractivity contribution is 0.0695. The Hall–Kier alpha value is -3.00. The smallest absolute Gasteiger partial charge is 0.342 e. The number of phenols is 1. The first-order valence-electron chi connectivity index (χ1n) is 7.42. The molecule has 26 heavy (non-hydrogen) atoms. The Balaban J connectivity index is 3.10. The molecular weight excluding hydrogens is 364 g/mol. The number of hydrogen-bond donors (Lipinski definition) is 5. The number of phenolic OH excluding ortho intramolecular Hbond substituents is 1. The zero-order valence-electron chi connectivity index (χ0n) is 14.2. The molecule has 0 fully saturated rings. The number of aromatic carboxylic acids is 2. The maximum absolute atomic E-state index is 12.1. The van der Waals surface area contributed by atoms with Gasteiger partial charge in [-0.2, -0.15) is 0 Å². The van der Waals surface area contributed by atoms with Gasteiger partial charge in [0.05, 0.1) is 5.02 Å². The highest BCUT2D eigenvalue weighted by molar-refractivity contribution is 6.32. The van der Waals surface area contributed by atoms with Crippen molar-refractivity contribution in [2.45, 2.75) is 26.2 Å². The molecule has 1 heterocycles. The Morgan fingerprint density at radius 1 is 1.12 bits per heavy atom. The second kappa shape index (κ2) is 6.38. The molecule has 9 heteroatoms. The Morgan fingerprint density at radius 3 is 2.12 bits per heavy atom. The summed E-state index contributed by atoms with van der Waals surface area (Å²) in [5.74, 6) is -4.30. The third kappa shape index (κ3) is 3.23. The molecule has 0 radical (unpaired) electrons. The number of halogens is 1. The Morgan fingerprint density at radius 2 is 1.65 bits per heavy atom. The number of rotatable bonds is 3. The second-order valence-corrected chi connectivity index (χ2v) is 7.11. The summed E-state index contributed by atoms with van der Waals surface area (Å²) >= 11 is 6.06. The molecule has 2 aromatic rings. The van der Waals surface area contributed by atoms with Crippen molar-refractivity contribution in [3.8, 4) is 16.9 Å². The zero-order chi connectivity index (χ0) is 20.0. The number of aromatic nitrogens is 1. The number of carboxylic acids is 2. The predicted molar refractivity (Wildman–Crippen MR) is 96.2 cm³/mol. The van der Waals surface area contributed by atoms with Gasteiger partial charge in [0.15, 0.2) is 0 Å². The number of nitrogens with one attached hydrogen (secondary N) is 1. The van der Waals surface area contributed by atoms with Crippen LogP contribution in [0.15, 0.2) is 16.9 Å². The first-order valence-corrected chi connectivity index (χ1v) is 7.79. The van der Waals surface area contributed by atoms with Crippen LogP contribution in [0.25, 0.3) is 11.1 Å². The lowest BCUT2D eigenvalue weighted by Gasteiger charge is -2.22. The molecule has 0 spiro atoms. The fraction of sp³-hybridized carbons (Fsp3) is 0.235. The van der Waals surface area contributed by atoms with Crippen LogP contribution in [-0.2, 0) is 5.41 Å². The van der Waals surface area contributed by atoms with Crippen LogP contribution in [0, 0.1) is 0 Å². The highest BCUT2D eigenvalue weighted by Gasteiger charge is 2.30. The van der Waals surface area contributed by atoms with Gasteiger partial charge in [0.25, 0.3) is 5.56 Å². The average molecular weight is 381 g/mol. The van der Waals surface area contributed by atoms with Crippen molar-refractivity contribution in [1.29, 1.82) is 0 Å². The summed E-state index contributed by atoms with van der Waals surface area (Å²) in [4.78, 5) is 37.4. The highest BCUT2D eigenvalue weighted by atomic mass is 35.5. The van der Waals surface area contributed by atoms with Crippen molar-refractivity contribution in [3.63, 3.8) is 0 Å². The number of carbonyl (C=O) groups is 2. The lowest BCUT2D eigenvalue weighted by atomic mass is 9.84. The maximum Gasteiger partial charge on any atom is 0.342 e. The number of pyridine rings is 1.